The first kappa shape index (κ1) is 19.9. The second kappa shape index (κ2) is 10.5. The Hall–Kier alpha value is -0.840. The van der Waals surface area contributed by atoms with Gasteiger partial charge in [0.25, 0.3) is 0 Å². The van der Waals surface area contributed by atoms with Crippen LogP contribution in [0.4, 0.5) is 0 Å². The fourth-order valence-corrected chi connectivity index (χ4v) is 4.45. The molecule has 0 spiro atoms. The van der Waals surface area contributed by atoms with Gasteiger partial charge in [0.15, 0.2) is 5.11 Å². The summed E-state index contributed by atoms with van der Waals surface area (Å²) < 4.78 is 5.87. The van der Waals surface area contributed by atoms with Crippen molar-refractivity contribution in [3.63, 3.8) is 0 Å². The maximum atomic E-state index is 6.40. The van der Waals surface area contributed by atoms with Gasteiger partial charge in [-0.15, -0.1) is 0 Å². The molecule has 26 heavy (non-hydrogen) atoms. The van der Waals surface area contributed by atoms with Crippen LogP contribution in [0.15, 0.2) is 24.3 Å². The highest BCUT2D eigenvalue weighted by Crippen LogP contribution is 2.21. The molecule has 0 radical (unpaired) electrons. The van der Waals surface area contributed by atoms with Gasteiger partial charge in [0.2, 0.25) is 0 Å². The quantitative estimate of drug-likeness (QED) is 0.684. The third-order valence-electron chi connectivity index (χ3n) is 5.49. The first-order valence-corrected chi connectivity index (χ1v) is 10.9. The van der Waals surface area contributed by atoms with Gasteiger partial charge < -0.3 is 15.0 Å². The third kappa shape index (κ3) is 6.11. The topological polar surface area (TPSA) is 24.5 Å². The molecular weight excluding hydrogens is 364 g/mol. The molecule has 2 aliphatic rings. The van der Waals surface area contributed by atoms with Crippen molar-refractivity contribution >= 4 is 28.9 Å². The van der Waals surface area contributed by atoms with Gasteiger partial charge in [0, 0.05) is 30.8 Å². The smallest absolute Gasteiger partial charge is 0.169 e. The number of thiocarbonyl (C=S) groups is 1. The Morgan fingerprint density at radius 3 is 2.50 bits per heavy atom. The highest BCUT2D eigenvalue weighted by Gasteiger charge is 2.23. The van der Waals surface area contributed by atoms with Crippen LogP contribution in [-0.4, -0.2) is 35.3 Å². The lowest BCUT2D eigenvalue weighted by molar-refractivity contribution is 0.0895. The Labute approximate surface area is 168 Å². The van der Waals surface area contributed by atoms with E-state index in [1.54, 1.807) is 0 Å². The van der Waals surface area contributed by atoms with Crippen LogP contribution in [0, 0.1) is 0 Å². The molecule has 0 aromatic heterocycles. The normalized spacial score (nSPS) is 21.8. The Morgan fingerprint density at radius 2 is 1.81 bits per heavy atom. The van der Waals surface area contributed by atoms with E-state index in [4.69, 9.17) is 28.6 Å². The van der Waals surface area contributed by atoms with E-state index in [9.17, 15) is 0 Å². The minimum Gasteiger partial charge on any atom is -0.376 e. The molecule has 144 valence electrons. The summed E-state index contributed by atoms with van der Waals surface area (Å²) >= 11 is 12.2. The Morgan fingerprint density at radius 1 is 1.08 bits per heavy atom. The first-order chi connectivity index (χ1) is 12.7. The molecule has 3 nitrogen and oxygen atoms in total. The maximum Gasteiger partial charge on any atom is 0.169 e. The molecule has 2 fully saturated rings. The van der Waals surface area contributed by atoms with Crippen LogP contribution < -0.4 is 5.32 Å². The molecule has 1 aliphatic heterocycles. The van der Waals surface area contributed by atoms with Gasteiger partial charge in [-0.2, -0.15) is 0 Å². The van der Waals surface area contributed by atoms with E-state index in [1.165, 1.54) is 44.9 Å². The predicted octanol–water partition coefficient (Wildman–Crippen LogP) is 5.31. The van der Waals surface area contributed by atoms with Crippen LogP contribution in [0.3, 0.4) is 0 Å². The standard InChI is InChI=1S/C21H31ClN2OS/c22-20-13-7-6-9-17(20)15-24(16-19-12-8-14-25-19)21(26)23-18-10-4-2-1-3-5-11-18/h6-7,9,13,18-19H,1-5,8,10-12,14-16H2,(H,23,26). The Kier molecular flexibility index (Phi) is 8.03. The number of hydrogen-bond donors (Lipinski definition) is 1. The molecule has 1 saturated heterocycles. The number of ether oxygens (including phenoxy) is 1. The van der Waals surface area contributed by atoms with Crippen LogP contribution in [0.25, 0.3) is 0 Å². The molecule has 1 heterocycles. The van der Waals surface area contributed by atoms with Crippen LogP contribution in [0.2, 0.25) is 5.02 Å². The van der Waals surface area contributed by atoms with Crippen molar-refractivity contribution in [2.45, 2.75) is 76.5 Å². The van der Waals surface area contributed by atoms with Crippen molar-refractivity contribution in [1.29, 1.82) is 0 Å². The molecule has 1 unspecified atom stereocenters. The fraction of sp³-hybridized carbons (Fsp3) is 0.667. The van der Waals surface area contributed by atoms with Gasteiger partial charge in [-0.1, -0.05) is 61.9 Å². The number of nitrogens with one attached hydrogen (secondary N) is 1. The highest BCUT2D eigenvalue weighted by atomic mass is 35.5. The van der Waals surface area contributed by atoms with Gasteiger partial charge in [-0.25, -0.2) is 0 Å². The van der Waals surface area contributed by atoms with E-state index in [2.05, 4.69) is 16.3 Å². The number of halogens is 1. The summed E-state index contributed by atoms with van der Waals surface area (Å²) in [6, 6.07) is 8.55. The zero-order valence-corrected chi connectivity index (χ0v) is 17.2. The van der Waals surface area contributed by atoms with Crippen molar-refractivity contribution in [2.24, 2.45) is 0 Å². The summed E-state index contributed by atoms with van der Waals surface area (Å²) in [5.74, 6) is 0. The minimum atomic E-state index is 0.273. The van der Waals surface area contributed by atoms with E-state index in [0.29, 0.717) is 6.04 Å². The number of benzene rings is 1. The average molecular weight is 395 g/mol. The number of nitrogens with zero attached hydrogens (tertiary/aromatic N) is 1. The van der Waals surface area contributed by atoms with Gasteiger partial charge >= 0.3 is 0 Å². The minimum absolute atomic E-state index is 0.273. The number of hydrogen-bond acceptors (Lipinski definition) is 2. The summed E-state index contributed by atoms with van der Waals surface area (Å²) in [7, 11) is 0. The molecule has 5 heteroatoms. The van der Waals surface area contributed by atoms with Crippen LogP contribution in [0.1, 0.15) is 63.4 Å². The zero-order valence-electron chi connectivity index (χ0n) is 15.6. The molecule has 1 aromatic rings. The lowest BCUT2D eigenvalue weighted by atomic mass is 9.97. The lowest BCUT2D eigenvalue weighted by Crippen LogP contribution is -2.47. The maximum absolute atomic E-state index is 6.40. The monoisotopic (exact) mass is 394 g/mol. The molecule has 1 saturated carbocycles. The van der Waals surface area contributed by atoms with E-state index in [0.717, 1.165) is 48.2 Å². The largest absolute Gasteiger partial charge is 0.376 e. The molecule has 1 aliphatic carbocycles. The zero-order chi connectivity index (χ0) is 18.2. The molecule has 0 bridgehead atoms. The summed E-state index contributed by atoms with van der Waals surface area (Å²) in [6.45, 7) is 2.44. The molecule has 1 aromatic carbocycles. The average Bonchev–Trinajstić information content (AvgIpc) is 3.11. The van der Waals surface area contributed by atoms with Crippen molar-refractivity contribution < 1.29 is 4.74 Å². The van der Waals surface area contributed by atoms with Crippen LogP contribution in [0.5, 0.6) is 0 Å². The lowest BCUT2D eigenvalue weighted by Gasteiger charge is -2.32. The van der Waals surface area contributed by atoms with Gasteiger partial charge in [0.1, 0.15) is 0 Å². The molecule has 3 rings (SSSR count). The summed E-state index contributed by atoms with van der Waals surface area (Å²) in [5, 5.41) is 5.32. The summed E-state index contributed by atoms with van der Waals surface area (Å²) in [5.41, 5.74) is 1.12. The SMILES string of the molecule is S=C(NC1CCCCCCC1)N(Cc1ccccc1Cl)CC1CCCO1. The van der Waals surface area contributed by atoms with E-state index >= 15 is 0 Å². The molecule has 1 atom stereocenters. The van der Waals surface area contributed by atoms with Gasteiger partial charge in [0.05, 0.1) is 6.10 Å². The highest BCUT2D eigenvalue weighted by molar-refractivity contribution is 7.80. The van der Waals surface area contributed by atoms with Gasteiger partial charge in [-0.3, -0.25) is 0 Å². The second-order valence-electron chi connectivity index (χ2n) is 7.60. The van der Waals surface area contributed by atoms with Gasteiger partial charge in [-0.05, 0) is 49.5 Å². The van der Waals surface area contributed by atoms with Crippen molar-refractivity contribution in [3.05, 3.63) is 34.9 Å². The van der Waals surface area contributed by atoms with Crippen LogP contribution >= 0.6 is 23.8 Å². The molecule has 0 amide bonds. The Balaban J connectivity index is 1.64. The third-order valence-corrected chi connectivity index (χ3v) is 6.23. The van der Waals surface area contributed by atoms with E-state index in [-0.39, 0.29) is 6.10 Å². The number of rotatable bonds is 5. The van der Waals surface area contributed by atoms with Crippen molar-refractivity contribution in [3.8, 4) is 0 Å². The summed E-state index contributed by atoms with van der Waals surface area (Å²) in [6.07, 6.45) is 11.7. The van der Waals surface area contributed by atoms with Crippen molar-refractivity contribution in [2.75, 3.05) is 13.2 Å². The summed E-state index contributed by atoms with van der Waals surface area (Å²) in [4.78, 5) is 2.26. The first-order valence-electron chi connectivity index (χ1n) is 10.1. The van der Waals surface area contributed by atoms with Crippen molar-refractivity contribution in [1.82, 2.24) is 10.2 Å². The molecular formula is C21H31ClN2OS. The van der Waals surface area contributed by atoms with E-state index < -0.39 is 0 Å². The molecule has 1 N–H and O–H groups in total. The Bertz CT molecular complexity index is 569. The van der Waals surface area contributed by atoms with E-state index in [1.807, 2.05) is 18.2 Å². The second-order valence-corrected chi connectivity index (χ2v) is 8.39. The fourth-order valence-electron chi connectivity index (χ4n) is 3.95. The van der Waals surface area contributed by atoms with Crippen LogP contribution in [-0.2, 0) is 11.3 Å². The predicted molar refractivity (Wildman–Crippen MR) is 113 cm³/mol.